The molecule has 0 saturated heterocycles. The molecule has 44 heavy (non-hydrogen) atoms. The predicted molar refractivity (Wildman–Crippen MR) is 173 cm³/mol. The fourth-order valence-electron chi connectivity index (χ4n) is 4.94. The van der Waals surface area contributed by atoms with E-state index < -0.39 is 28.5 Å². The monoisotopic (exact) mass is 633 g/mol. The number of hydrogen-bond acceptors (Lipinski definition) is 5. The van der Waals surface area contributed by atoms with Gasteiger partial charge < -0.3 is 15.0 Å². The number of rotatable bonds is 12. The molecule has 230 valence electrons. The summed E-state index contributed by atoms with van der Waals surface area (Å²) >= 11 is 6.33. The van der Waals surface area contributed by atoms with Crippen molar-refractivity contribution >= 4 is 39.1 Å². The third-order valence-corrected chi connectivity index (χ3v) is 9.26. The summed E-state index contributed by atoms with van der Waals surface area (Å²) in [6.07, 6.45) is 0.225. The third kappa shape index (κ3) is 7.78. The maximum absolute atomic E-state index is 14.5. The Hall–Kier alpha value is -4.34. The number of methoxy groups -OCH3 is 1. The van der Waals surface area contributed by atoms with Crippen molar-refractivity contribution in [3.05, 3.63) is 124 Å². The van der Waals surface area contributed by atoms with Crippen LogP contribution in [0.15, 0.2) is 102 Å². The lowest BCUT2D eigenvalue weighted by Crippen LogP contribution is -2.53. The average Bonchev–Trinajstić information content (AvgIpc) is 3.01. The lowest BCUT2D eigenvalue weighted by molar-refractivity contribution is -0.139. The normalized spacial score (nSPS) is 11.8. The number of aryl methyl sites for hydroxylation is 2. The predicted octanol–water partition coefficient (Wildman–Crippen LogP) is 5.55. The van der Waals surface area contributed by atoms with Crippen molar-refractivity contribution in [2.45, 2.75) is 37.8 Å². The van der Waals surface area contributed by atoms with Crippen LogP contribution in [0.3, 0.4) is 0 Å². The van der Waals surface area contributed by atoms with E-state index in [2.05, 4.69) is 5.32 Å². The molecule has 0 saturated carbocycles. The van der Waals surface area contributed by atoms with Crippen LogP contribution >= 0.6 is 11.6 Å². The highest BCUT2D eigenvalue weighted by molar-refractivity contribution is 7.92. The molecule has 0 aliphatic carbocycles. The number of sulfonamides is 1. The van der Waals surface area contributed by atoms with E-state index in [9.17, 15) is 18.0 Å². The van der Waals surface area contributed by atoms with E-state index >= 15 is 0 Å². The Labute approximate surface area is 264 Å². The van der Waals surface area contributed by atoms with Crippen molar-refractivity contribution in [1.82, 2.24) is 10.2 Å². The van der Waals surface area contributed by atoms with Crippen molar-refractivity contribution in [3.8, 4) is 5.75 Å². The van der Waals surface area contributed by atoms with Gasteiger partial charge in [-0.1, -0.05) is 89.5 Å². The van der Waals surface area contributed by atoms with Gasteiger partial charge in [0.15, 0.2) is 0 Å². The molecule has 0 aliphatic heterocycles. The van der Waals surface area contributed by atoms with Gasteiger partial charge in [0, 0.05) is 25.0 Å². The number of nitrogens with one attached hydrogen (secondary N) is 1. The molecule has 4 aromatic carbocycles. The number of hydrogen-bond donors (Lipinski definition) is 1. The van der Waals surface area contributed by atoms with Crippen molar-refractivity contribution in [3.63, 3.8) is 0 Å². The summed E-state index contributed by atoms with van der Waals surface area (Å²) in [7, 11) is -1.36. The summed E-state index contributed by atoms with van der Waals surface area (Å²) < 4.78 is 34.9. The largest absolute Gasteiger partial charge is 0.495 e. The SMILES string of the molecule is CNC(=O)[C@@H](Cc1ccccc1)N(Cc1cccc(C)c1)C(=O)CN(c1cc(Cl)ccc1OC)S(=O)(=O)c1ccc(C)cc1. The Kier molecular flexibility index (Phi) is 10.7. The van der Waals surface area contributed by atoms with Crippen LogP contribution in [0.1, 0.15) is 22.3 Å². The van der Waals surface area contributed by atoms with Crippen LogP contribution in [0.25, 0.3) is 0 Å². The molecule has 0 aromatic heterocycles. The topological polar surface area (TPSA) is 96.0 Å². The van der Waals surface area contributed by atoms with Gasteiger partial charge in [-0.3, -0.25) is 13.9 Å². The van der Waals surface area contributed by atoms with Crippen molar-refractivity contribution in [1.29, 1.82) is 0 Å². The zero-order valence-corrected chi connectivity index (χ0v) is 26.7. The van der Waals surface area contributed by atoms with Gasteiger partial charge in [0.2, 0.25) is 11.8 Å². The summed E-state index contributed by atoms with van der Waals surface area (Å²) in [4.78, 5) is 29.3. The standard InChI is InChI=1S/C34H36ClN3O5S/c1-24-13-16-29(17-14-24)44(41,42)38(30-21-28(35)15-18-32(30)43-4)23-33(39)37(22-27-12-8-9-25(2)19-27)31(34(40)36-3)20-26-10-6-5-7-11-26/h5-19,21,31H,20,22-23H2,1-4H3,(H,36,40)/t31-/m1/s1. The average molecular weight is 634 g/mol. The molecule has 4 aromatic rings. The van der Waals surface area contributed by atoms with Crippen LogP contribution < -0.4 is 14.4 Å². The molecule has 10 heteroatoms. The number of halogens is 1. The molecule has 0 fully saturated rings. The van der Waals surface area contributed by atoms with Gasteiger partial charge in [0.25, 0.3) is 10.0 Å². The van der Waals surface area contributed by atoms with E-state index in [0.717, 1.165) is 26.6 Å². The molecule has 0 bridgehead atoms. The van der Waals surface area contributed by atoms with Crippen molar-refractivity contribution < 1.29 is 22.7 Å². The van der Waals surface area contributed by atoms with Gasteiger partial charge in [0.05, 0.1) is 17.7 Å². The number of carbonyl (C=O) groups is 2. The van der Waals surface area contributed by atoms with Gasteiger partial charge in [-0.25, -0.2) is 8.42 Å². The zero-order chi connectivity index (χ0) is 31.9. The minimum atomic E-state index is -4.29. The second kappa shape index (κ2) is 14.4. The summed E-state index contributed by atoms with van der Waals surface area (Å²) in [5.74, 6) is -0.729. The van der Waals surface area contributed by atoms with E-state index in [1.165, 1.54) is 37.3 Å². The van der Waals surface area contributed by atoms with Gasteiger partial charge in [-0.05, 0) is 55.3 Å². The van der Waals surface area contributed by atoms with Gasteiger partial charge in [0.1, 0.15) is 18.3 Å². The van der Waals surface area contributed by atoms with E-state index in [0.29, 0.717) is 0 Å². The van der Waals surface area contributed by atoms with Crippen LogP contribution in [0.2, 0.25) is 5.02 Å². The van der Waals surface area contributed by atoms with E-state index in [1.54, 1.807) is 24.3 Å². The number of carbonyl (C=O) groups excluding carboxylic acids is 2. The number of ether oxygens (including phenoxy) is 1. The molecule has 0 heterocycles. The summed E-state index contributed by atoms with van der Waals surface area (Å²) in [6.45, 7) is 3.27. The molecule has 0 unspecified atom stereocenters. The number of likely N-dealkylation sites (N-methyl/N-ethyl adjacent to an activating group) is 1. The summed E-state index contributed by atoms with van der Waals surface area (Å²) in [5, 5.41) is 2.95. The molecule has 1 atom stereocenters. The summed E-state index contributed by atoms with van der Waals surface area (Å²) in [5.41, 5.74) is 3.62. The van der Waals surface area contributed by atoms with Crippen molar-refractivity contribution in [2.24, 2.45) is 0 Å². The molecular weight excluding hydrogens is 598 g/mol. The second-order valence-electron chi connectivity index (χ2n) is 10.5. The molecular formula is C34H36ClN3O5S. The van der Waals surface area contributed by atoms with Gasteiger partial charge >= 0.3 is 0 Å². The van der Waals surface area contributed by atoms with Gasteiger partial charge in [-0.2, -0.15) is 0 Å². The Balaban J connectivity index is 1.84. The maximum Gasteiger partial charge on any atom is 0.264 e. The Morgan fingerprint density at radius 1 is 0.864 bits per heavy atom. The fourth-order valence-corrected chi connectivity index (χ4v) is 6.52. The first-order valence-electron chi connectivity index (χ1n) is 14.1. The molecule has 4 rings (SSSR count). The molecule has 2 amide bonds. The lowest BCUT2D eigenvalue weighted by atomic mass is 10.0. The zero-order valence-electron chi connectivity index (χ0n) is 25.2. The van der Waals surface area contributed by atoms with Crippen LogP contribution in [-0.2, 0) is 32.6 Å². The molecule has 0 radical (unpaired) electrons. The van der Waals surface area contributed by atoms with Crippen molar-refractivity contribution in [2.75, 3.05) is 25.0 Å². The quantitative estimate of drug-likeness (QED) is 0.221. The number of anilines is 1. The smallest absolute Gasteiger partial charge is 0.264 e. The van der Waals surface area contributed by atoms with Gasteiger partial charge in [-0.15, -0.1) is 0 Å². The first-order chi connectivity index (χ1) is 21.0. The highest BCUT2D eigenvalue weighted by Gasteiger charge is 2.35. The van der Waals surface area contributed by atoms with E-state index in [4.69, 9.17) is 16.3 Å². The van der Waals surface area contributed by atoms with E-state index in [1.807, 2.05) is 68.4 Å². The number of benzene rings is 4. The first kappa shape index (κ1) is 32.6. The fraction of sp³-hybridized carbons (Fsp3) is 0.235. The number of nitrogens with zero attached hydrogens (tertiary/aromatic N) is 2. The molecule has 1 N–H and O–H groups in total. The van der Waals surface area contributed by atoms with Crippen LogP contribution in [0.5, 0.6) is 5.75 Å². The minimum absolute atomic E-state index is 0.00435. The molecule has 0 spiro atoms. The lowest BCUT2D eigenvalue weighted by Gasteiger charge is -2.34. The maximum atomic E-state index is 14.5. The minimum Gasteiger partial charge on any atom is -0.495 e. The Bertz CT molecular complexity index is 1710. The highest BCUT2D eigenvalue weighted by Crippen LogP contribution is 2.35. The van der Waals surface area contributed by atoms with Crippen LogP contribution in [0.4, 0.5) is 5.69 Å². The van der Waals surface area contributed by atoms with Crippen LogP contribution in [-0.4, -0.2) is 51.9 Å². The second-order valence-corrected chi connectivity index (χ2v) is 12.8. The Morgan fingerprint density at radius 2 is 1.55 bits per heavy atom. The Morgan fingerprint density at radius 3 is 2.18 bits per heavy atom. The van der Waals surface area contributed by atoms with E-state index in [-0.39, 0.29) is 40.2 Å². The third-order valence-electron chi connectivity index (χ3n) is 7.25. The first-order valence-corrected chi connectivity index (χ1v) is 15.9. The number of amides is 2. The van der Waals surface area contributed by atoms with Crippen LogP contribution in [0, 0.1) is 13.8 Å². The molecule has 0 aliphatic rings. The highest BCUT2D eigenvalue weighted by atomic mass is 35.5. The summed E-state index contributed by atoms with van der Waals surface area (Å²) in [6, 6.07) is 27.0. The molecule has 8 nitrogen and oxygen atoms in total.